The van der Waals surface area contributed by atoms with Gasteiger partial charge in [0.25, 0.3) is 0 Å². The number of rotatable bonds is 4. The number of hydrogen-bond acceptors (Lipinski definition) is 3. The predicted octanol–water partition coefficient (Wildman–Crippen LogP) is 0.799. The van der Waals surface area contributed by atoms with E-state index in [-0.39, 0.29) is 45.3 Å². The van der Waals surface area contributed by atoms with Crippen molar-refractivity contribution in [3.63, 3.8) is 0 Å². The van der Waals surface area contributed by atoms with Crippen LogP contribution in [-0.4, -0.2) is 43.1 Å². The molecule has 5 N–H and O–H groups in total. The van der Waals surface area contributed by atoms with E-state index in [4.69, 9.17) is 17.0 Å². The lowest BCUT2D eigenvalue weighted by Crippen LogP contribution is -2.49. The molecule has 0 fully saturated rings. The van der Waals surface area contributed by atoms with Gasteiger partial charge in [-0.3, -0.25) is 10.4 Å². The zero-order valence-electron chi connectivity index (χ0n) is 9.78. The van der Waals surface area contributed by atoms with Gasteiger partial charge in [0.1, 0.15) is 0 Å². The second kappa shape index (κ2) is 8.32. The fraction of sp³-hybridized carbons (Fsp3) is 0.875. The molecule has 0 atom stereocenters. The molecule has 0 unspecified atom stereocenters. The minimum atomic E-state index is -0.0909. The third-order valence-electron chi connectivity index (χ3n) is 1.65. The van der Waals surface area contributed by atoms with Gasteiger partial charge in [-0.05, 0) is 19.5 Å². The lowest BCUT2D eigenvalue weighted by Gasteiger charge is -2.32. The third-order valence-corrected chi connectivity index (χ3v) is 1.65. The van der Waals surface area contributed by atoms with Gasteiger partial charge in [0.15, 0.2) is 0 Å². The number of halogens is 2. The normalized spacial score (nSPS) is 10.3. The van der Waals surface area contributed by atoms with Crippen LogP contribution in [0.25, 0.3) is 0 Å². The van der Waals surface area contributed by atoms with Crippen molar-refractivity contribution in [2.45, 2.75) is 13.8 Å². The van der Waals surface area contributed by atoms with Crippen LogP contribution in [-0.2, 0) is 0 Å². The van der Waals surface area contributed by atoms with Crippen molar-refractivity contribution in [1.29, 1.82) is 5.41 Å². The topological polar surface area (TPSA) is 82.4 Å². The van der Waals surface area contributed by atoms with E-state index < -0.39 is 0 Å². The van der Waals surface area contributed by atoms with E-state index in [1.54, 1.807) is 0 Å². The first-order chi connectivity index (χ1) is 5.74. The highest BCUT2D eigenvalue weighted by Crippen LogP contribution is 2.15. The first kappa shape index (κ1) is 20.5. The van der Waals surface area contributed by atoms with E-state index in [1.807, 2.05) is 14.1 Å². The van der Waals surface area contributed by atoms with E-state index in [1.165, 1.54) is 5.01 Å². The molecule has 0 heterocycles. The van der Waals surface area contributed by atoms with E-state index in [0.717, 1.165) is 6.54 Å². The first-order valence-electron chi connectivity index (χ1n) is 4.25. The maximum absolute atomic E-state index is 7.13. The second-order valence-corrected chi connectivity index (χ2v) is 4.42. The zero-order valence-corrected chi connectivity index (χ0v) is 13.2. The molecule has 7 heteroatoms. The number of guanidine groups is 1. The summed E-state index contributed by atoms with van der Waals surface area (Å²) in [5.74, 6) is 5.45. The SMILES string of the molecule is Br.Br.CN(C)CC(C)(C)CN(N)C(=N)N. The summed E-state index contributed by atoms with van der Waals surface area (Å²) in [4.78, 5) is 2.09. The lowest BCUT2D eigenvalue weighted by atomic mass is 9.93. The zero-order chi connectivity index (χ0) is 10.6. The monoisotopic (exact) mass is 347 g/mol. The summed E-state index contributed by atoms with van der Waals surface area (Å²) in [7, 11) is 4.02. The van der Waals surface area contributed by atoms with Gasteiger partial charge in [-0.2, -0.15) is 0 Å². The van der Waals surface area contributed by atoms with Crippen LogP contribution in [0.15, 0.2) is 0 Å². The van der Waals surface area contributed by atoms with Crippen molar-refractivity contribution >= 4 is 39.9 Å². The quantitative estimate of drug-likeness (QED) is 0.304. The molecule has 0 aromatic carbocycles. The Morgan fingerprint density at radius 1 is 1.20 bits per heavy atom. The van der Waals surface area contributed by atoms with Crippen LogP contribution in [0.4, 0.5) is 0 Å². The van der Waals surface area contributed by atoms with E-state index in [0.29, 0.717) is 6.54 Å². The summed E-state index contributed by atoms with van der Waals surface area (Å²) in [5.41, 5.74) is 5.28. The molecule has 0 aliphatic heterocycles. The maximum Gasteiger partial charge on any atom is 0.202 e. The Kier molecular flexibility index (Phi) is 11.4. The number of hydrazine groups is 1. The molecule has 0 bridgehead atoms. The van der Waals surface area contributed by atoms with Crippen molar-refractivity contribution in [1.82, 2.24) is 9.91 Å². The predicted molar refractivity (Wildman–Crippen MR) is 75.8 cm³/mol. The largest absolute Gasteiger partial charge is 0.369 e. The smallest absolute Gasteiger partial charge is 0.202 e. The average molecular weight is 349 g/mol. The highest BCUT2D eigenvalue weighted by atomic mass is 79.9. The van der Waals surface area contributed by atoms with Gasteiger partial charge in [-0.15, -0.1) is 34.0 Å². The Morgan fingerprint density at radius 3 is 1.87 bits per heavy atom. The van der Waals surface area contributed by atoms with Gasteiger partial charge >= 0.3 is 0 Å². The molecular weight excluding hydrogens is 326 g/mol. The Labute approximate surface area is 113 Å². The van der Waals surface area contributed by atoms with Crippen molar-refractivity contribution in [3.8, 4) is 0 Å². The summed E-state index contributed by atoms with van der Waals surface area (Å²) in [6, 6.07) is 0. The van der Waals surface area contributed by atoms with E-state index in [2.05, 4.69) is 18.7 Å². The highest BCUT2D eigenvalue weighted by molar-refractivity contribution is 8.93. The van der Waals surface area contributed by atoms with Crippen molar-refractivity contribution in [3.05, 3.63) is 0 Å². The van der Waals surface area contributed by atoms with Gasteiger partial charge in [0.05, 0.1) is 0 Å². The van der Waals surface area contributed by atoms with E-state index >= 15 is 0 Å². The van der Waals surface area contributed by atoms with Crippen LogP contribution in [0.5, 0.6) is 0 Å². The standard InChI is InChI=1S/C8H21N5.2BrH/c1-8(2,5-12(3)4)6-13(11)7(9)10;;/h5-6,11H2,1-4H3,(H3,9,10);2*1H. The molecular formula is C8H23Br2N5. The summed E-state index contributed by atoms with van der Waals surface area (Å²) in [6.07, 6.45) is 0. The average Bonchev–Trinajstić information content (AvgIpc) is 1.81. The Morgan fingerprint density at radius 2 is 1.60 bits per heavy atom. The molecule has 5 nitrogen and oxygen atoms in total. The van der Waals surface area contributed by atoms with Crippen molar-refractivity contribution < 1.29 is 0 Å². The number of hydrogen-bond donors (Lipinski definition) is 3. The van der Waals surface area contributed by atoms with Gasteiger partial charge in [-0.1, -0.05) is 13.8 Å². The lowest BCUT2D eigenvalue weighted by molar-refractivity contribution is 0.189. The molecule has 0 spiro atoms. The first-order valence-corrected chi connectivity index (χ1v) is 4.25. The molecule has 0 aliphatic carbocycles. The maximum atomic E-state index is 7.13. The van der Waals surface area contributed by atoms with Gasteiger partial charge in [0, 0.05) is 13.1 Å². The fourth-order valence-corrected chi connectivity index (χ4v) is 1.45. The molecule has 0 aromatic heterocycles. The van der Waals surface area contributed by atoms with Crippen LogP contribution in [0, 0.1) is 10.8 Å². The van der Waals surface area contributed by atoms with Gasteiger partial charge < -0.3 is 10.6 Å². The van der Waals surface area contributed by atoms with Crippen LogP contribution >= 0.6 is 34.0 Å². The van der Waals surface area contributed by atoms with Crippen LogP contribution in [0.3, 0.4) is 0 Å². The van der Waals surface area contributed by atoms with E-state index in [9.17, 15) is 0 Å². The van der Waals surface area contributed by atoms with Crippen LogP contribution < -0.4 is 11.6 Å². The minimum Gasteiger partial charge on any atom is -0.369 e. The van der Waals surface area contributed by atoms with Gasteiger partial charge in [-0.25, -0.2) is 5.84 Å². The number of nitrogens with zero attached hydrogens (tertiary/aromatic N) is 2. The van der Waals surface area contributed by atoms with Gasteiger partial charge in [0.2, 0.25) is 5.96 Å². The molecule has 0 saturated heterocycles. The molecule has 0 radical (unpaired) electrons. The summed E-state index contributed by atoms with van der Waals surface area (Å²) in [5, 5.41) is 8.40. The molecule has 94 valence electrons. The van der Waals surface area contributed by atoms with Crippen molar-refractivity contribution in [2.75, 3.05) is 27.2 Å². The minimum absolute atomic E-state index is 0. The third kappa shape index (κ3) is 10.4. The molecule has 0 aliphatic rings. The Balaban J connectivity index is -0.000000720. The van der Waals surface area contributed by atoms with Crippen LogP contribution in [0.2, 0.25) is 0 Å². The summed E-state index contributed by atoms with van der Waals surface area (Å²) >= 11 is 0. The van der Waals surface area contributed by atoms with Crippen LogP contribution in [0.1, 0.15) is 13.8 Å². The number of nitrogens with one attached hydrogen (secondary N) is 1. The second-order valence-electron chi connectivity index (χ2n) is 4.42. The summed E-state index contributed by atoms with van der Waals surface area (Å²) in [6.45, 7) is 5.68. The molecule has 0 aromatic rings. The highest BCUT2D eigenvalue weighted by Gasteiger charge is 2.21. The summed E-state index contributed by atoms with van der Waals surface area (Å²) < 4.78 is 0. The molecule has 15 heavy (non-hydrogen) atoms. The Hall–Kier alpha value is 0.150. The van der Waals surface area contributed by atoms with Crippen molar-refractivity contribution in [2.24, 2.45) is 17.0 Å². The molecule has 0 amide bonds. The Bertz CT molecular complexity index is 184. The molecule has 0 saturated carbocycles. The number of nitrogens with two attached hydrogens (primary N) is 2. The molecule has 0 rings (SSSR count). The fourth-order valence-electron chi connectivity index (χ4n) is 1.45.